The van der Waals surface area contributed by atoms with Crippen molar-refractivity contribution in [3.8, 4) is 22.8 Å². The number of benzene rings is 2. The Bertz CT molecular complexity index is 1180. The number of carbonyl (C=O) groups is 2. The average molecular weight is 404 g/mol. The SMILES string of the molecule is Cc1ccc(NC(=O)C2(c3ccc4c(c3)OCO4)CC2)cc1-c1ccc(C(=O)O)[nH]1. The summed E-state index contributed by atoms with van der Waals surface area (Å²) in [5.41, 5.74) is 3.66. The van der Waals surface area contributed by atoms with Gasteiger partial charge in [0.2, 0.25) is 12.7 Å². The Labute approximate surface area is 172 Å². The molecule has 1 saturated carbocycles. The van der Waals surface area contributed by atoms with Crippen molar-refractivity contribution in [3.05, 3.63) is 65.4 Å². The van der Waals surface area contributed by atoms with Gasteiger partial charge in [-0.3, -0.25) is 4.79 Å². The first-order valence-electron chi connectivity index (χ1n) is 9.71. The van der Waals surface area contributed by atoms with E-state index in [4.69, 9.17) is 14.6 Å². The third kappa shape index (κ3) is 2.99. The number of amides is 1. The molecule has 0 atom stereocenters. The number of aromatic nitrogens is 1. The molecule has 1 aliphatic heterocycles. The molecule has 1 aliphatic carbocycles. The molecule has 152 valence electrons. The van der Waals surface area contributed by atoms with Gasteiger partial charge in [0.15, 0.2) is 11.5 Å². The van der Waals surface area contributed by atoms with Crippen LogP contribution >= 0.6 is 0 Å². The molecule has 2 aliphatic rings. The van der Waals surface area contributed by atoms with E-state index >= 15 is 0 Å². The first kappa shape index (κ1) is 18.3. The molecule has 0 radical (unpaired) electrons. The Morgan fingerprint density at radius 3 is 2.57 bits per heavy atom. The number of aryl methyl sites for hydroxylation is 1. The number of aromatic carboxylic acids is 1. The molecule has 30 heavy (non-hydrogen) atoms. The van der Waals surface area contributed by atoms with Crippen molar-refractivity contribution >= 4 is 17.6 Å². The summed E-state index contributed by atoms with van der Waals surface area (Å²) in [5, 5.41) is 12.2. The number of H-pyrrole nitrogens is 1. The predicted octanol–water partition coefficient (Wildman–Crippen LogP) is 4.09. The second-order valence-electron chi connectivity index (χ2n) is 7.72. The lowest BCUT2D eigenvalue weighted by Gasteiger charge is -2.17. The molecule has 3 N–H and O–H groups in total. The third-order valence-electron chi connectivity index (χ3n) is 5.81. The smallest absolute Gasteiger partial charge is 0.352 e. The van der Waals surface area contributed by atoms with Crippen LogP contribution in [0.4, 0.5) is 5.69 Å². The van der Waals surface area contributed by atoms with Crippen molar-refractivity contribution in [1.82, 2.24) is 4.98 Å². The maximum atomic E-state index is 13.2. The average Bonchev–Trinajstić information content (AvgIpc) is 3.17. The van der Waals surface area contributed by atoms with Crippen LogP contribution in [0, 0.1) is 6.92 Å². The number of fused-ring (bicyclic) bond motifs is 1. The van der Waals surface area contributed by atoms with E-state index in [1.165, 1.54) is 6.07 Å². The normalized spacial score (nSPS) is 15.6. The molecule has 1 aromatic heterocycles. The van der Waals surface area contributed by atoms with Crippen molar-refractivity contribution in [2.24, 2.45) is 0 Å². The highest BCUT2D eigenvalue weighted by Crippen LogP contribution is 2.51. The summed E-state index contributed by atoms with van der Waals surface area (Å²) in [6.45, 7) is 2.14. The molecule has 0 spiro atoms. The van der Waals surface area contributed by atoms with E-state index in [1.54, 1.807) is 6.07 Å². The zero-order valence-corrected chi connectivity index (χ0v) is 16.3. The minimum absolute atomic E-state index is 0.0612. The molecule has 7 heteroatoms. The first-order valence-corrected chi connectivity index (χ1v) is 9.71. The van der Waals surface area contributed by atoms with Gasteiger partial charge in [-0.1, -0.05) is 12.1 Å². The lowest BCUT2D eigenvalue weighted by Crippen LogP contribution is -2.27. The van der Waals surface area contributed by atoms with E-state index in [0.29, 0.717) is 22.9 Å². The van der Waals surface area contributed by atoms with Crippen LogP contribution in [0.2, 0.25) is 0 Å². The molecule has 2 heterocycles. The van der Waals surface area contributed by atoms with Crippen molar-refractivity contribution in [2.45, 2.75) is 25.2 Å². The number of rotatable bonds is 5. The Hall–Kier alpha value is -3.74. The highest BCUT2D eigenvalue weighted by molar-refractivity contribution is 6.02. The number of nitrogens with one attached hydrogen (secondary N) is 2. The molecule has 3 aromatic rings. The lowest BCUT2D eigenvalue weighted by atomic mass is 9.94. The summed E-state index contributed by atoms with van der Waals surface area (Å²) >= 11 is 0. The molecule has 1 fully saturated rings. The molecule has 0 bridgehead atoms. The number of carboxylic acid groups (broad SMARTS) is 1. The topological polar surface area (TPSA) is 101 Å². The van der Waals surface area contributed by atoms with Gasteiger partial charge < -0.3 is 24.9 Å². The fourth-order valence-corrected chi connectivity index (χ4v) is 3.88. The molecule has 7 nitrogen and oxygen atoms in total. The van der Waals surface area contributed by atoms with E-state index in [2.05, 4.69) is 10.3 Å². The standard InChI is InChI=1S/C23H20N2O5/c1-13-2-4-15(11-16(13)17-5-6-18(25-17)21(26)27)24-22(28)23(8-9-23)14-3-7-19-20(10-14)30-12-29-19/h2-7,10-11,25H,8-9,12H2,1H3,(H,24,28)(H,26,27). The van der Waals surface area contributed by atoms with Crippen LogP contribution in [-0.2, 0) is 10.2 Å². The van der Waals surface area contributed by atoms with Crippen LogP contribution in [0.3, 0.4) is 0 Å². The fraction of sp³-hybridized carbons (Fsp3) is 0.217. The van der Waals surface area contributed by atoms with E-state index in [-0.39, 0.29) is 18.4 Å². The van der Waals surface area contributed by atoms with Crippen molar-refractivity contribution in [3.63, 3.8) is 0 Å². The van der Waals surface area contributed by atoms with Crippen LogP contribution in [0.15, 0.2) is 48.5 Å². The molecular weight excluding hydrogens is 384 g/mol. The van der Waals surface area contributed by atoms with Crippen molar-refractivity contribution in [2.75, 3.05) is 12.1 Å². The van der Waals surface area contributed by atoms with Crippen molar-refractivity contribution < 1.29 is 24.2 Å². The van der Waals surface area contributed by atoms with Crippen LogP contribution < -0.4 is 14.8 Å². The van der Waals surface area contributed by atoms with Gasteiger partial charge in [-0.2, -0.15) is 0 Å². The lowest BCUT2D eigenvalue weighted by molar-refractivity contribution is -0.118. The zero-order chi connectivity index (χ0) is 20.9. The fourth-order valence-electron chi connectivity index (χ4n) is 3.88. The van der Waals surface area contributed by atoms with E-state index in [9.17, 15) is 9.59 Å². The van der Waals surface area contributed by atoms with E-state index in [1.807, 2.05) is 43.3 Å². The number of carboxylic acids is 1. The molecule has 2 aromatic carbocycles. The second-order valence-corrected chi connectivity index (χ2v) is 7.72. The largest absolute Gasteiger partial charge is 0.477 e. The van der Waals surface area contributed by atoms with Gasteiger partial charge >= 0.3 is 5.97 Å². The molecule has 0 unspecified atom stereocenters. The molecule has 5 rings (SSSR count). The van der Waals surface area contributed by atoms with E-state index in [0.717, 1.165) is 29.5 Å². The van der Waals surface area contributed by atoms with Gasteiger partial charge in [-0.25, -0.2) is 4.79 Å². The summed E-state index contributed by atoms with van der Waals surface area (Å²) in [4.78, 5) is 27.2. The summed E-state index contributed by atoms with van der Waals surface area (Å²) < 4.78 is 10.8. The maximum Gasteiger partial charge on any atom is 0.352 e. The Morgan fingerprint density at radius 1 is 1.03 bits per heavy atom. The Balaban J connectivity index is 1.40. The van der Waals surface area contributed by atoms with Crippen LogP contribution in [0.25, 0.3) is 11.3 Å². The molecule has 1 amide bonds. The van der Waals surface area contributed by atoms with Gasteiger partial charge in [0.25, 0.3) is 0 Å². The molecular formula is C23H20N2O5. The zero-order valence-electron chi connectivity index (χ0n) is 16.3. The Kier molecular flexibility index (Phi) is 4.06. The summed E-state index contributed by atoms with van der Waals surface area (Å²) in [6, 6.07) is 14.5. The van der Waals surface area contributed by atoms with Gasteiger partial charge in [0.1, 0.15) is 5.69 Å². The van der Waals surface area contributed by atoms with Gasteiger partial charge in [-0.15, -0.1) is 0 Å². The predicted molar refractivity (Wildman–Crippen MR) is 110 cm³/mol. The van der Waals surface area contributed by atoms with Crippen LogP contribution in [0.1, 0.15) is 34.5 Å². The quantitative estimate of drug-likeness (QED) is 0.595. The minimum Gasteiger partial charge on any atom is -0.477 e. The summed E-state index contributed by atoms with van der Waals surface area (Å²) in [5.74, 6) is 0.298. The Morgan fingerprint density at radius 2 is 1.83 bits per heavy atom. The highest BCUT2D eigenvalue weighted by atomic mass is 16.7. The summed E-state index contributed by atoms with van der Waals surface area (Å²) in [7, 11) is 0. The number of aromatic amines is 1. The van der Waals surface area contributed by atoms with E-state index < -0.39 is 11.4 Å². The minimum atomic E-state index is -1.01. The number of anilines is 1. The third-order valence-corrected chi connectivity index (χ3v) is 5.81. The monoisotopic (exact) mass is 404 g/mol. The summed E-state index contributed by atoms with van der Waals surface area (Å²) in [6.07, 6.45) is 1.55. The number of carbonyl (C=O) groups excluding carboxylic acids is 1. The highest BCUT2D eigenvalue weighted by Gasteiger charge is 2.51. The number of hydrogen-bond donors (Lipinski definition) is 3. The van der Waals surface area contributed by atoms with Crippen molar-refractivity contribution in [1.29, 1.82) is 0 Å². The molecule has 0 saturated heterocycles. The van der Waals surface area contributed by atoms with Gasteiger partial charge in [-0.05, 0) is 67.3 Å². The van der Waals surface area contributed by atoms with Gasteiger partial charge in [0.05, 0.1) is 5.41 Å². The van der Waals surface area contributed by atoms with Gasteiger partial charge in [0, 0.05) is 16.9 Å². The van der Waals surface area contributed by atoms with Crippen LogP contribution in [0.5, 0.6) is 11.5 Å². The van der Waals surface area contributed by atoms with Crippen LogP contribution in [-0.4, -0.2) is 28.8 Å². The second kappa shape index (κ2) is 6.66. The number of ether oxygens (including phenoxy) is 2. The number of hydrogen-bond acceptors (Lipinski definition) is 4. The first-order chi connectivity index (χ1) is 14.5. The maximum absolute atomic E-state index is 13.2.